The van der Waals surface area contributed by atoms with Crippen LogP contribution < -0.4 is 16.0 Å². The number of benzene rings is 2. The highest BCUT2D eigenvalue weighted by molar-refractivity contribution is 6.06. The SMILES string of the molecule is CC(=O)Nc1ccc([C@H]2C(C(=O)Nc3ccc(C)cc3C)=C(C)Nc3ncnn32)cc1. The molecular formula is C23H24N6O2. The van der Waals surface area contributed by atoms with Crippen LogP contribution in [0, 0.1) is 13.8 Å². The number of carbonyl (C=O) groups is 2. The Bertz CT molecular complexity index is 1190. The van der Waals surface area contributed by atoms with Gasteiger partial charge in [0.2, 0.25) is 11.9 Å². The summed E-state index contributed by atoms with van der Waals surface area (Å²) in [7, 11) is 0. The van der Waals surface area contributed by atoms with E-state index in [1.54, 1.807) is 4.68 Å². The molecule has 0 spiro atoms. The number of rotatable bonds is 4. The van der Waals surface area contributed by atoms with E-state index in [1.165, 1.54) is 13.3 Å². The van der Waals surface area contributed by atoms with Crippen molar-refractivity contribution >= 4 is 29.1 Å². The van der Waals surface area contributed by atoms with Crippen LogP contribution in [0.15, 0.2) is 60.1 Å². The molecule has 0 saturated carbocycles. The number of fused-ring (bicyclic) bond motifs is 1. The van der Waals surface area contributed by atoms with Crippen LogP contribution >= 0.6 is 0 Å². The van der Waals surface area contributed by atoms with E-state index in [-0.39, 0.29) is 11.8 Å². The van der Waals surface area contributed by atoms with Crippen molar-refractivity contribution in [3.8, 4) is 0 Å². The topological polar surface area (TPSA) is 101 Å². The van der Waals surface area contributed by atoms with E-state index < -0.39 is 6.04 Å². The van der Waals surface area contributed by atoms with Gasteiger partial charge < -0.3 is 16.0 Å². The minimum absolute atomic E-state index is 0.141. The number of aromatic nitrogens is 3. The lowest BCUT2D eigenvalue weighted by Gasteiger charge is -2.29. The molecular weight excluding hydrogens is 392 g/mol. The van der Waals surface area contributed by atoms with E-state index in [2.05, 4.69) is 26.0 Å². The minimum atomic E-state index is -0.462. The summed E-state index contributed by atoms with van der Waals surface area (Å²) in [5.41, 5.74) is 5.69. The highest BCUT2D eigenvalue weighted by Gasteiger charge is 2.33. The molecule has 1 aliphatic rings. The van der Waals surface area contributed by atoms with Crippen molar-refractivity contribution in [3.63, 3.8) is 0 Å². The zero-order chi connectivity index (χ0) is 22.1. The average Bonchev–Trinajstić information content (AvgIpc) is 3.17. The Hall–Kier alpha value is -3.94. The van der Waals surface area contributed by atoms with E-state index in [9.17, 15) is 9.59 Å². The van der Waals surface area contributed by atoms with Gasteiger partial charge in [-0.25, -0.2) is 4.68 Å². The lowest BCUT2D eigenvalue weighted by Crippen LogP contribution is -2.31. The van der Waals surface area contributed by atoms with Crippen molar-refractivity contribution in [1.82, 2.24) is 14.8 Å². The van der Waals surface area contributed by atoms with Crippen molar-refractivity contribution in [2.45, 2.75) is 33.7 Å². The van der Waals surface area contributed by atoms with Crippen molar-refractivity contribution < 1.29 is 9.59 Å². The molecule has 3 aromatic rings. The number of aryl methyl sites for hydroxylation is 2. The number of amides is 2. The molecule has 0 saturated heterocycles. The second-order valence-corrected chi connectivity index (χ2v) is 7.67. The van der Waals surface area contributed by atoms with Crippen molar-refractivity contribution in [3.05, 3.63) is 76.8 Å². The molecule has 31 heavy (non-hydrogen) atoms. The third-order valence-corrected chi connectivity index (χ3v) is 5.22. The van der Waals surface area contributed by atoms with Gasteiger partial charge in [-0.2, -0.15) is 10.1 Å². The summed E-state index contributed by atoms with van der Waals surface area (Å²) < 4.78 is 1.69. The summed E-state index contributed by atoms with van der Waals surface area (Å²) in [6.45, 7) is 7.30. The number of allylic oxidation sites excluding steroid dienone is 1. The third kappa shape index (κ3) is 4.05. The van der Waals surface area contributed by atoms with Crippen molar-refractivity contribution in [2.24, 2.45) is 0 Å². The van der Waals surface area contributed by atoms with Gasteiger partial charge in [-0.15, -0.1) is 0 Å². The Balaban J connectivity index is 1.72. The molecule has 0 aliphatic carbocycles. The van der Waals surface area contributed by atoms with Crippen molar-refractivity contribution in [1.29, 1.82) is 0 Å². The van der Waals surface area contributed by atoms with Crippen LogP contribution in [0.4, 0.5) is 17.3 Å². The number of nitrogens with one attached hydrogen (secondary N) is 3. The van der Waals surface area contributed by atoms with E-state index in [0.717, 1.165) is 22.4 Å². The van der Waals surface area contributed by atoms with Crippen LogP contribution in [0.5, 0.6) is 0 Å². The first-order valence-electron chi connectivity index (χ1n) is 9.97. The summed E-state index contributed by atoms with van der Waals surface area (Å²) >= 11 is 0. The second kappa shape index (κ2) is 8.06. The Kier molecular flexibility index (Phi) is 5.29. The molecule has 3 N–H and O–H groups in total. The molecule has 0 bridgehead atoms. The summed E-state index contributed by atoms with van der Waals surface area (Å²) in [6.07, 6.45) is 1.46. The first-order chi connectivity index (χ1) is 14.8. The van der Waals surface area contributed by atoms with Gasteiger partial charge in [-0.3, -0.25) is 9.59 Å². The largest absolute Gasteiger partial charge is 0.328 e. The summed E-state index contributed by atoms with van der Waals surface area (Å²) in [5.74, 6) is 0.211. The van der Waals surface area contributed by atoms with Crippen LogP contribution in [0.1, 0.15) is 36.6 Å². The molecule has 0 unspecified atom stereocenters. The molecule has 8 heteroatoms. The second-order valence-electron chi connectivity index (χ2n) is 7.67. The van der Waals surface area contributed by atoms with Gasteiger partial charge in [0, 0.05) is 24.0 Å². The maximum absolute atomic E-state index is 13.4. The molecule has 0 radical (unpaired) electrons. The molecule has 2 amide bonds. The molecule has 1 atom stereocenters. The Labute approximate surface area is 180 Å². The summed E-state index contributed by atoms with van der Waals surface area (Å²) in [5, 5.41) is 13.3. The predicted octanol–water partition coefficient (Wildman–Crippen LogP) is 3.78. The van der Waals surface area contributed by atoms with Crippen LogP contribution in [-0.2, 0) is 9.59 Å². The van der Waals surface area contributed by atoms with E-state index in [0.29, 0.717) is 22.9 Å². The third-order valence-electron chi connectivity index (χ3n) is 5.22. The quantitative estimate of drug-likeness (QED) is 0.601. The fourth-order valence-corrected chi connectivity index (χ4v) is 3.79. The fourth-order valence-electron chi connectivity index (χ4n) is 3.79. The number of nitrogens with zero attached hydrogens (tertiary/aromatic N) is 3. The Morgan fingerprint density at radius 2 is 1.77 bits per heavy atom. The Morgan fingerprint density at radius 1 is 1.03 bits per heavy atom. The van der Waals surface area contributed by atoms with Crippen molar-refractivity contribution in [2.75, 3.05) is 16.0 Å². The minimum Gasteiger partial charge on any atom is -0.328 e. The molecule has 1 aromatic heterocycles. The van der Waals surface area contributed by atoms with E-state index >= 15 is 0 Å². The van der Waals surface area contributed by atoms with E-state index in [1.807, 2.05) is 63.2 Å². The first-order valence-corrected chi connectivity index (χ1v) is 9.97. The summed E-state index contributed by atoms with van der Waals surface area (Å²) in [4.78, 5) is 29.0. The monoisotopic (exact) mass is 416 g/mol. The molecule has 8 nitrogen and oxygen atoms in total. The molecule has 2 aromatic carbocycles. The maximum Gasteiger partial charge on any atom is 0.255 e. The molecule has 158 valence electrons. The normalized spacial score (nSPS) is 15.2. The van der Waals surface area contributed by atoms with E-state index in [4.69, 9.17) is 0 Å². The molecule has 4 rings (SSSR count). The zero-order valence-electron chi connectivity index (χ0n) is 17.9. The smallest absolute Gasteiger partial charge is 0.255 e. The number of hydrogen-bond acceptors (Lipinski definition) is 5. The number of anilines is 3. The highest BCUT2D eigenvalue weighted by atomic mass is 16.2. The van der Waals surface area contributed by atoms with Crippen LogP contribution in [0.25, 0.3) is 0 Å². The van der Waals surface area contributed by atoms with Gasteiger partial charge in [0.25, 0.3) is 5.91 Å². The van der Waals surface area contributed by atoms with Gasteiger partial charge in [0.1, 0.15) is 12.4 Å². The van der Waals surface area contributed by atoms with Crippen LogP contribution in [0.3, 0.4) is 0 Å². The fraction of sp³-hybridized carbons (Fsp3) is 0.217. The molecule has 2 heterocycles. The van der Waals surface area contributed by atoms with Gasteiger partial charge in [0.15, 0.2) is 0 Å². The zero-order valence-corrected chi connectivity index (χ0v) is 17.9. The lowest BCUT2D eigenvalue weighted by molar-refractivity contribution is -0.114. The van der Waals surface area contributed by atoms with Gasteiger partial charge in [-0.05, 0) is 50.1 Å². The number of carbonyl (C=O) groups excluding carboxylic acids is 2. The predicted molar refractivity (Wildman–Crippen MR) is 120 cm³/mol. The average molecular weight is 416 g/mol. The van der Waals surface area contributed by atoms with Gasteiger partial charge in [-0.1, -0.05) is 29.8 Å². The van der Waals surface area contributed by atoms with Crippen LogP contribution in [-0.4, -0.2) is 26.6 Å². The molecule has 1 aliphatic heterocycles. The van der Waals surface area contributed by atoms with Gasteiger partial charge >= 0.3 is 0 Å². The van der Waals surface area contributed by atoms with Gasteiger partial charge in [0.05, 0.1) is 5.57 Å². The lowest BCUT2D eigenvalue weighted by atomic mass is 9.94. The first kappa shape index (κ1) is 20.3. The Morgan fingerprint density at radius 3 is 2.45 bits per heavy atom. The maximum atomic E-state index is 13.4. The number of hydrogen-bond donors (Lipinski definition) is 3. The highest BCUT2D eigenvalue weighted by Crippen LogP contribution is 2.35. The summed E-state index contributed by atoms with van der Waals surface area (Å²) in [6, 6.07) is 12.8. The standard InChI is InChI=1S/C23H24N6O2/c1-13-5-10-19(14(2)11-13)28-22(31)20-15(3)26-23-24-12-25-29(23)21(20)17-6-8-18(9-7-17)27-16(4)30/h5-12,21H,1-4H3,(H,27,30)(H,28,31)(H,24,25,26)/t21-/m0/s1. The molecule has 0 fully saturated rings. The van der Waals surface area contributed by atoms with Crippen LogP contribution in [0.2, 0.25) is 0 Å².